The minimum atomic E-state index is -0.332. The van der Waals surface area contributed by atoms with Crippen molar-refractivity contribution >= 4 is 17.1 Å². The van der Waals surface area contributed by atoms with E-state index in [-0.39, 0.29) is 17.6 Å². The van der Waals surface area contributed by atoms with Crippen LogP contribution in [0, 0.1) is 5.82 Å². The van der Waals surface area contributed by atoms with Crippen molar-refractivity contribution in [1.29, 1.82) is 0 Å². The van der Waals surface area contributed by atoms with Crippen molar-refractivity contribution in [3.63, 3.8) is 0 Å². The summed E-state index contributed by atoms with van der Waals surface area (Å²) in [4.78, 5) is 23.8. The predicted octanol–water partition coefficient (Wildman–Crippen LogP) is 3.61. The second-order valence-corrected chi connectivity index (χ2v) is 6.71. The summed E-state index contributed by atoms with van der Waals surface area (Å²) in [6, 6.07) is 9.62. The van der Waals surface area contributed by atoms with Gasteiger partial charge in [-0.05, 0) is 49.2 Å². The highest BCUT2D eigenvalue weighted by molar-refractivity contribution is 5.94. The lowest BCUT2D eigenvalue weighted by molar-refractivity contribution is 0.0790. The Morgan fingerprint density at radius 2 is 2.08 bits per heavy atom. The number of likely N-dealkylation sites (tertiary alicyclic amines) is 1. The topological polar surface area (TPSA) is 51.0 Å². The van der Waals surface area contributed by atoms with Crippen LogP contribution in [0.3, 0.4) is 0 Å². The fourth-order valence-corrected chi connectivity index (χ4v) is 3.66. The number of pyridine rings is 1. The highest BCUT2D eigenvalue weighted by Gasteiger charge is 2.31. The molecular weight excluding hydrogens is 331 g/mol. The lowest BCUT2D eigenvalue weighted by Crippen LogP contribution is -2.28. The summed E-state index contributed by atoms with van der Waals surface area (Å²) in [6.45, 7) is 4.32. The van der Waals surface area contributed by atoms with Gasteiger partial charge < -0.3 is 9.47 Å². The van der Waals surface area contributed by atoms with E-state index >= 15 is 0 Å². The van der Waals surface area contributed by atoms with Crippen LogP contribution < -0.4 is 0 Å². The van der Waals surface area contributed by atoms with Gasteiger partial charge in [0.05, 0.1) is 0 Å². The quantitative estimate of drug-likeness (QED) is 0.721. The van der Waals surface area contributed by atoms with Crippen LogP contribution in [0.5, 0.6) is 0 Å². The van der Waals surface area contributed by atoms with Crippen molar-refractivity contribution in [2.45, 2.75) is 32.2 Å². The largest absolute Gasteiger partial charge is 0.338 e. The van der Waals surface area contributed by atoms with Crippen molar-refractivity contribution in [3.05, 3.63) is 59.8 Å². The number of carbonyl (C=O) groups is 1. The van der Waals surface area contributed by atoms with E-state index in [2.05, 4.69) is 16.5 Å². The summed E-state index contributed by atoms with van der Waals surface area (Å²) >= 11 is 0. The van der Waals surface area contributed by atoms with E-state index in [1.54, 1.807) is 18.3 Å². The van der Waals surface area contributed by atoms with Gasteiger partial charge in [0.25, 0.3) is 5.91 Å². The molecule has 4 rings (SSSR count). The Bertz CT molecular complexity index is 935. The first-order valence-corrected chi connectivity index (χ1v) is 9.03. The number of hydrogen-bond acceptors (Lipinski definition) is 3. The minimum absolute atomic E-state index is 0.0521. The SMILES string of the molecule is CCCn1c(C2CCN(C(=O)c3ccc(F)cc3)C2)nc2cccnc21. The summed E-state index contributed by atoms with van der Waals surface area (Å²) in [5.41, 5.74) is 2.34. The molecule has 5 nitrogen and oxygen atoms in total. The molecule has 1 aromatic carbocycles. The smallest absolute Gasteiger partial charge is 0.253 e. The zero-order valence-electron chi connectivity index (χ0n) is 14.7. The third-order valence-electron chi connectivity index (χ3n) is 4.91. The molecule has 6 heteroatoms. The molecule has 0 radical (unpaired) electrons. The molecule has 1 unspecified atom stereocenters. The van der Waals surface area contributed by atoms with E-state index < -0.39 is 0 Å². The molecular formula is C20H21FN4O. The Kier molecular flexibility index (Phi) is 4.41. The van der Waals surface area contributed by atoms with Gasteiger partial charge >= 0.3 is 0 Å². The summed E-state index contributed by atoms with van der Waals surface area (Å²) < 4.78 is 15.3. The number of aryl methyl sites for hydroxylation is 1. The molecule has 134 valence electrons. The summed E-state index contributed by atoms with van der Waals surface area (Å²) in [7, 11) is 0. The number of hydrogen-bond donors (Lipinski definition) is 0. The van der Waals surface area contributed by atoms with Crippen molar-refractivity contribution in [2.75, 3.05) is 13.1 Å². The van der Waals surface area contributed by atoms with Gasteiger partial charge in [-0.2, -0.15) is 0 Å². The van der Waals surface area contributed by atoms with E-state index in [1.807, 2.05) is 17.0 Å². The van der Waals surface area contributed by atoms with Crippen LogP contribution in [-0.4, -0.2) is 38.4 Å². The number of amides is 1. The van der Waals surface area contributed by atoms with Crippen LogP contribution in [0.2, 0.25) is 0 Å². The molecule has 3 aromatic rings. The molecule has 0 N–H and O–H groups in total. The number of fused-ring (bicyclic) bond motifs is 1. The van der Waals surface area contributed by atoms with E-state index in [4.69, 9.17) is 4.98 Å². The van der Waals surface area contributed by atoms with E-state index in [9.17, 15) is 9.18 Å². The molecule has 2 aromatic heterocycles. The fourth-order valence-electron chi connectivity index (χ4n) is 3.66. The van der Waals surface area contributed by atoms with E-state index in [0.29, 0.717) is 18.7 Å². The minimum Gasteiger partial charge on any atom is -0.338 e. The van der Waals surface area contributed by atoms with E-state index in [1.165, 1.54) is 12.1 Å². The summed E-state index contributed by atoms with van der Waals surface area (Å²) in [5.74, 6) is 0.820. The molecule has 1 fully saturated rings. The third-order valence-corrected chi connectivity index (χ3v) is 4.91. The Morgan fingerprint density at radius 3 is 2.85 bits per heavy atom. The molecule has 0 aliphatic carbocycles. The molecule has 1 saturated heterocycles. The van der Waals surface area contributed by atoms with Gasteiger partial charge in [-0.15, -0.1) is 0 Å². The molecule has 1 atom stereocenters. The van der Waals surface area contributed by atoms with E-state index in [0.717, 1.165) is 36.4 Å². The van der Waals surface area contributed by atoms with Crippen LogP contribution in [0.25, 0.3) is 11.2 Å². The normalized spacial score (nSPS) is 17.2. The van der Waals surface area contributed by atoms with Crippen molar-refractivity contribution in [2.24, 2.45) is 0 Å². The first-order valence-electron chi connectivity index (χ1n) is 9.03. The number of imidazole rings is 1. The van der Waals surface area contributed by atoms with Gasteiger partial charge in [0.2, 0.25) is 0 Å². The average molecular weight is 352 g/mol. The van der Waals surface area contributed by atoms with Crippen molar-refractivity contribution in [1.82, 2.24) is 19.4 Å². The fraction of sp³-hybridized carbons (Fsp3) is 0.350. The maximum absolute atomic E-state index is 13.1. The zero-order chi connectivity index (χ0) is 18.1. The third kappa shape index (κ3) is 2.96. The molecule has 26 heavy (non-hydrogen) atoms. The molecule has 1 aliphatic rings. The Balaban J connectivity index is 1.59. The number of carbonyl (C=O) groups excluding carboxylic acids is 1. The average Bonchev–Trinajstić information content (AvgIpc) is 3.27. The van der Waals surface area contributed by atoms with Crippen LogP contribution in [0.4, 0.5) is 4.39 Å². The molecule has 3 heterocycles. The number of aromatic nitrogens is 3. The monoisotopic (exact) mass is 352 g/mol. The lowest BCUT2D eigenvalue weighted by atomic mass is 10.1. The van der Waals surface area contributed by atoms with Gasteiger partial charge in [0.15, 0.2) is 5.65 Å². The number of nitrogens with zero attached hydrogens (tertiary/aromatic N) is 4. The predicted molar refractivity (Wildman–Crippen MR) is 97.5 cm³/mol. The van der Waals surface area contributed by atoms with Crippen molar-refractivity contribution < 1.29 is 9.18 Å². The van der Waals surface area contributed by atoms with Crippen LogP contribution in [-0.2, 0) is 6.54 Å². The maximum atomic E-state index is 13.1. The maximum Gasteiger partial charge on any atom is 0.253 e. The second-order valence-electron chi connectivity index (χ2n) is 6.71. The molecule has 0 saturated carbocycles. The van der Waals surface area contributed by atoms with Gasteiger partial charge in [0, 0.05) is 37.3 Å². The zero-order valence-corrected chi connectivity index (χ0v) is 14.7. The Labute approximate surface area is 151 Å². The molecule has 1 amide bonds. The van der Waals surface area contributed by atoms with Crippen LogP contribution in [0.1, 0.15) is 41.9 Å². The summed E-state index contributed by atoms with van der Waals surface area (Å²) in [5, 5.41) is 0. The lowest BCUT2D eigenvalue weighted by Gasteiger charge is -2.17. The second kappa shape index (κ2) is 6.86. The first kappa shape index (κ1) is 16.7. The van der Waals surface area contributed by atoms with Gasteiger partial charge in [-0.25, -0.2) is 14.4 Å². The first-order chi connectivity index (χ1) is 12.7. The summed E-state index contributed by atoms with van der Waals surface area (Å²) in [6.07, 6.45) is 3.67. The number of halogens is 1. The molecule has 0 bridgehead atoms. The van der Waals surface area contributed by atoms with Gasteiger partial charge in [0.1, 0.15) is 17.2 Å². The highest BCUT2D eigenvalue weighted by Crippen LogP contribution is 2.30. The standard InChI is InChI=1S/C20H21FN4O/c1-2-11-25-18(23-17-4-3-10-22-19(17)25)15-9-12-24(13-15)20(26)14-5-7-16(21)8-6-14/h3-8,10,15H,2,9,11-13H2,1H3. The molecule has 0 spiro atoms. The van der Waals surface area contributed by atoms with Crippen LogP contribution in [0.15, 0.2) is 42.6 Å². The number of rotatable bonds is 4. The van der Waals surface area contributed by atoms with Crippen LogP contribution >= 0.6 is 0 Å². The van der Waals surface area contributed by atoms with Gasteiger partial charge in [-0.3, -0.25) is 4.79 Å². The Morgan fingerprint density at radius 1 is 1.27 bits per heavy atom. The number of benzene rings is 1. The molecule has 1 aliphatic heterocycles. The van der Waals surface area contributed by atoms with Crippen molar-refractivity contribution in [3.8, 4) is 0 Å². The van der Waals surface area contributed by atoms with Gasteiger partial charge in [-0.1, -0.05) is 6.92 Å². The highest BCUT2D eigenvalue weighted by atomic mass is 19.1. The Hall–Kier alpha value is -2.76.